The summed E-state index contributed by atoms with van der Waals surface area (Å²) in [6, 6.07) is 3.92. The van der Waals surface area contributed by atoms with Crippen molar-refractivity contribution in [2.45, 2.75) is 32.9 Å². The third kappa shape index (κ3) is 3.18. The minimum absolute atomic E-state index is 0.152. The van der Waals surface area contributed by atoms with Crippen molar-refractivity contribution in [3.8, 4) is 0 Å². The zero-order valence-corrected chi connectivity index (χ0v) is 15.0. The summed E-state index contributed by atoms with van der Waals surface area (Å²) in [5.41, 5.74) is 2.09. The summed E-state index contributed by atoms with van der Waals surface area (Å²) in [5.74, 6) is -0.152. The van der Waals surface area contributed by atoms with Gasteiger partial charge in [-0.3, -0.25) is 4.79 Å². The monoisotopic (exact) mass is 344 g/mol. The van der Waals surface area contributed by atoms with Crippen molar-refractivity contribution in [2.75, 3.05) is 7.05 Å². The lowest BCUT2D eigenvalue weighted by Crippen LogP contribution is -2.27. The van der Waals surface area contributed by atoms with Crippen LogP contribution >= 0.6 is 11.3 Å². The van der Waals surface area contributed by atoms with Crippen molar-refractivity contribution in [3.05, 3.63) is 52.0 Å². The zero-order valence-electron chi connectivity index (χ0n) is 14.1. The van der Waals surface area contributed by atoms with Gasteiger partial charge in [0.25, 0.3) is 5.91 Å². The van der Waals surface area contributed by atoms with Crippen LogP contribution in [0.5, 0.6) is 0 Å². The molecule has 0 aliphatic rings. The summed E-state index contributed by atoms with van der Waals surface area (Å²) in [6.45, 7) is 5.75. The molecule has 0 radical (unpaired) electrons. The average Bonchev–Trinajstić information content (AvgIpc) is 3.12. The number of fused-ring (bicyclic) bond motifs is 1. The van der Waals surface area contributed by atoms with Gasteiger partial charge in [0.15, 0.2) is 5.69 Å². The Morgan fingerprint density at radius 2 is 2.21 bits per heavy atom. The van der Waals surface area contributed by atoms with E-state index in [1.165, 1.54) is 11.3 Å². The molecule has 6 nitrogen and oxygen atoms in total. The number of aromatic nitrogens is 3. The standard InChI is InChI=1S/C17H20N4O2S/c1-11-5-6-21-10-18-14(13(21)7-11)15(22)20(4)8-12-9-24-16(19-12)17(2,3)23/h5-7,9-10,23H,8H2,1-4H3. The molecule has 3 aromatic heterocycles. The van der Waals surface area contributed by atoms with Gasteiger partial charge in [-0.25, -0.2) is 9.97 Å². The summed E-state index contributed by atoms with van der Waals surface area (Å²) in [5, 5.41) is 12.5. The van der Waals surface area contributed by atoms with E-state index in [9.17, 15) is 9.90 Å². The maximum Gasteiger partial charge on any atom is 0.274 e. The second kappa shape index (κ2) is 5.99. The maximum atomic E-state index is 12.7. The largest absolute Gasteiger partial charge is 0.383 e. The number of aliphatic hydroxyl groups is 1. The van der Waals surface area contributed by atoms with Gasteiger partial charge in [0.1, 0.15) is 16.9 Å². The molecule has 3 aromatic rings. The Morgan fingerprint density at radius 1 is 1.46 bits per heavy atom. The predicted molar refractivity (Wildman–Crippen MR) is 93.1 cm³/mol. The lowest BCUT2D eigenvalue weighted by molar-refractivity contribution is 0.0768. The van der Waals surface area contributed by atoms with Gasteiger partial charge in [-0.2, -0.15) is 0 Å². The molecule has 0 spiro atoms. The fraction of sp³-hybridized carbons (Fsp3) is 0.353. The van der Waals surface area contributed by atoms with E-state index in [0.717, 1.165) is 16.8 Å². The van der Waals surface area contributed by atoms with E-state index in [-0.39, 0.29) is 5.91 Å². The molecule has 0 aliphatic heterocycles. The highest BCUT2D eigenvalue weighted by Crippen LogP contribution is 2.24. The van der Waals surface area contributed by atoms with Gasteiger partial charge >= 0.3 is 0 Å². The van der Waals surface area contributed by atoms with Crippen molar-refractivity contribution in [2.24, 2.45) is 0 Å². The maximum absolute atomic E-state index is 12.7. The van der Waals surface area contributed by atoms with E-state index in [1.54, 1.807) is 32.1 Å². The van der Waals surface area contributed by atoms with Gasteiger partial charge in [0.2, 0.25) is 0 Å². The normalized spacial score (nSPS) is 11.9. The van der Waals surface area contributed by atoms with Crippen LogP contribution in [-0.2, 0) is 12.1 Å². The van der Waals surface area contributed by atoms with E-state index in [1.807, 2.05) is 35.0 Å². The first kappa shape index (κ1) is 16.6. The van der Waals surface area contributed by atoms with Crippen molar-refractivity contribution >= 4 is 22.8 Å². The van der Waals surface area contributed by atoms with Crippen LogP contribution in [0.25, 0.3) is 5.52 Å². The molecule has 7 heteroatoms. The summed E-state index contributed by atoms with van der Waals surface area (Å²) in [7, 11) is 1.73. The number of nitrogens with zero attached hydrogens (tertiary/aromatic N) is 4. The summed E-state index contributed by atoms with van der Waals surface area (Å²) < 4.78 is 1.84. The Hall–Kier alpha value is -2.25. The lowest BCUT2D eigenvalue weighted by atomic mass is 10.1. The van der Waals surface area contributed by atoms with Crippen LogP contribution in [0.1, 0.15) is 40.6 Å². The molecule has 3 rings (SSSR count). The number of hydrogen-bond donors (Lipinski definition) is 1. The first-order chi connectivity index (χ1) is 11.3. The van der Waals surface area contributed by atoms with E-state index in [2.05, 4.69) is 9.97 Å². The second-order valence-corrected chi connectivity index (χ2v) is 7.31. The number of pyridine rings is 1. The Balaban J connectivity index is 1.81. The molecule has 0 bridgehead atoms. The van der Waals surface area contributed by atoms with Crippen LogP contribution < -0.4 is 0 Å². The Bertz CT molecular complexity index is 892. The van der Waals surface area contributed by atoms with Crippen molar-refractivity contribution in [1.82, 2.24) is 19.3 Å². The number of aryl methyl sites for hydroxylation is 1. The number of imidazole rings is 1. The number of carbonyl (C=O) groups excluding carboxylic acids is 1. The number of carbonyl (C=O) groups is 1. The molecule has 0 aromatic carbocycles. The van der Waals surface area contributed by atoms with E-state index < -0.39 is 5.60 Å². The molecule has 0 saturated heterocycles. The SMILES string of the molecule is Cc1ccn2cnc(C(=O)N(C)Cc3csc(C(C)(C)O)n3)c2c1. The number of hydrogen-bond acceptors (Lipinski definition) is 5. The molecule has 0 atom stereocenters. The molecule has 0 aliphatic carbocycles. The molecule has 1 amide bonds. The van der Waals surface area contributed by atoms with Gasteiger partial charge in [-0.05, 0) is 38.5 Å². The molecule has 24 heavy (non-hydrogen) atoms. The molecular weight excluding hydrogens is 324 g/mol. The summed E-state index contributed by atoms with van der Waals surface area (Å²) in [6.07, 6.45) is 3.54. The number of rotatable bonds is 4. The van der Waals surface area contributed by atoms with Crippen LogP contribution in [0, 0.1) is 6.92 Å². The van der Waals surface area contributed by atoms with Crippen LogP contribution in [0.2, 0.25) is 0 Å². The number of amides is 1. The van der Waals surface area contributed by atoms with Crippen LogP contribution in [0.4, 0.5) is 0 Å². The van der Waals surface area contributed by atoms with Crippen molar-refractivity contribution in [1.29, 1.82) is 0 Å². The molecule has 0 fully saturated rings. The first-order valence-electron chi connectivity index (χ1n) is 7.62. The smallest absolute Gasteiger partial charge is 0.274 e. The molecule has 0 saturated carbocycles. The Kier molecular flexibility index (Phi) is 4.15. The molecular formula is C17H20N4O2S. The minimum atomic E-state index is -0.969. The third-order valence-corrected chi connectivity index (χ3v) is 4.92. The van der Waals surface area contributed by atoms with Crippen LogP contribution in [0.15, 0.2) is 30.0 Å². The van der Waals surface area contributed by atoms with Gasteiger partial charge in [0.05, 0.1) is 17.8 Å². The molecule has 1 N–H and O–H groups in total. The molecule has 126 valence electrons. The predicted octanol–water partition coefficient (Wildman–Crippen LogP) is 2.60. The lowest BCUT2D eigenvalue weighted by Gasteiger charge is -2.15. The van der Waals surface area contributed by atoms with Crippen molar-refractivity contribution in [3.63, 3.8) is 0 Å². The van der Waals surface area contributed by atoms with Crippen molar-refractivity contribution < 1.29 is 9.90 Å². The number of thiazole rings is 1. The minimum Gasteiger partial charge on any atom is -0.383 e. The highest BCUT2D eigenvalue weighted by atomic mass is 32.1. The van der Waals surface area contributed by atoms with Gasteiger partial charge < -0.3 is 14.4 Å². The molecule has 3 heterocycles. The van der Waals surface area contributed by atoms with Gasteiger partial charge in [-0.1, -0.05) is 0 Å². The topological polar surface area (TPSA) is 70.7 Å². The third-order valence-electron chi connectivity index (χ3n) is 3.72. The first-order valence-corrected chi connectivity index (χ1v) is 8.49. The summed E-state index contributed by atoms with van der Waals surface area (Å²) >= 11 is 1.39. The Morgan fingerprint density at radius 3 is 2.88 bits per heavy atom. The van der Waals surface area contributed by atoms with Gasteiger partial charge in [0, 0.05) is 18.6 Å². The Labute approximate surface area is 144 Å². The van der Waals surface area contributed by atoms with Gasteiger partial charge in [-0.15, -0.1) is 11.3 Å². The van der Waals surface area contributed by atoms with Crippen LogP contribution in [-0.4, -0.2) is 37.3 Å². The fourth-order valence-corrected chi connectivity index (χ4v) is 3.25. The second-order valence-electron chi connectivity index (χ2n) is 6.45. The van der Waals surface area contributed by atoms with E-state index >= 15 is 0 Å². The van der Waals surface area contributed by atoms with Crippen LogP contribution in [0.3, 0.4) is 0 Å². The molecule has 0 unspecified atom stereocenters. The zero-order chi connectivity index (χ0) is 17.5. The average molecular weight is 344 g/mol. The highest BCUT2D eigenvalue weighted by Gasteiger charge is 2.22. The fourth-order valence-electron chi connectivity index (χ4n) is 2.41. The van der Waals surface area contributed by atoms with E-state index in [4.69, 9.17) is 0 Å². The quantitative estimate of drug-likeness (QED) is 0.790. The highest BCUT2D eigenvalue weighted by molar-refractivity contribution is 7.09. The summed E-state index contributed by atoms with van der Waals surface area (Å²) in [4.78, 5) is 23.0. The van der Waals surface area contributed by atoms with E-state index in [0.29, 0.717) is 17.2 Å².